The van der Waals surface area contributed by atoms with E-state index in [9.17, 15) is 8.42 Å². The predicted molar refractivity (Wildman–Crippen MR) is 83.1 cm³/mol. The molecular formula is C13H11ClN2O3S2. The fraction of sp³-hybridized carbons (Fsp3) is 0.154. The van der Waals surface area contributed by atoms with Gasteiger partial charge < -0.3 is 5.11 Å². The summed E-state index contributed by atoms with van der Waals surface area (Å²) in [4.78, 5) is 4.05. The summed E-state index contributed by atoms with van der Waals surface area (Å²) in [5.74, 6) is 5.21. The van der Waals surface area contributed by atoms with Crippen molar-refractivity contribution in [1.29, 1.82) is 0 Å². The van der Waals surface area contributed by atoms with E-state index in [1.807, 2.05) is 0 Å². The second-order valence-electron chi connectivity index (χ2n) is 4.00. The molecule has 0 atom stereocenters. The SMILES string of the molecule is Cc1cc(S(=O)(=O)Nc2cccc(C#CCO)n2)sc1Cl. The highest BCUT2D eigenvalue weighted by molar-refractivity contribution is 7.94. The number of thiophene rings is 1. The molecule has 0 spiro atoms. The first-order valence-electron chi connectivity index (χ1n) is 5.78. The summed E-state index contributed by atoms with van der Waals surface area (Å²) in [6.45, 7) is 1.45. The number of aryl methyl sites for hydroxylation is 1. The van der Waals surface area contributed by atoms with E-state index < -0.39 is 10.0 Å². The maximum Gasteiger partial charge on any atom is 0.272 e. The van der Waals surface area contributed by atoms with Gasteiger partial charge in [0.25, 0.3) is 10.0 Å². The third-order valence-corrected chi connectivity index (χ3v) is 5.77. The lowest BCUT2D eigenvalue weighted by atomic mass is 10.3. The molecule has 21 heavy (non-hydrogen) atoms. The molecule has 0 aliphatic heterocycles. The van der Waals surface area contributed by atoms with Crippen LogP contribution in [-0.4, -0.2) is 25.1 Å². The van der Waals surface area contributed by atoms with Gasteiger partial charge in [-0.1, -0.05) is 23.6 Å². The molecule has 5 nitrogen and oxygen atoms in total. The maximum atomic E-state index is 12.2. The highest BCUT2D eigenvalue weighted by Gasteiger charge is 2.19. The van der Waals surface area contributed by atoms with Crippen molar-refractivity contribution in [1.82, 2.24) is 4.98 Å². The quantitative estimate of drug-likeness (QED) is 0.838. The van der Waals surface area contributed by atoms with Gasteiger partial charge in [-0.3, -0.25) is 4.72 Å². The minimum atomic E-state index is -3.73. The van der Waals surface area contributed by atoms with Crippen LogP contribution in [0.5, 0.6) is 0 Å². The summed E-state index contributed by atoms with van der Waals surface area (Å²) < 4.78 is 27.4. The molecule has 0 saturated carbocycles. The van der Waals surface area contributed by atoms with Crippen molar-refractivity contribution in [2.45, 2.75) is 11.1 Å². The van der Waals surface area contributed by atoms with Crippen LogP contribution in [0.4, 0.5) is 5.82 Å². The average Bonchev–Trinajstić information content (AvgIpc) is 2.77. The minimum absolute atomic E-state index is 0.124. The van der Waals surface area contributed by atoms with Gasteiger partial charge in [0, 0.05) is 0 Å². The Labute approximate surface area is 131 Å². The Morgan fingerprint density at radius 3 is 2.86 bits per heavy atom. The highest BCUT2D eigenvalue weighted by atomic mass is 35.5. The zero-order valence-electron chi connectivity index (χ0n) is 10.9. The number of halogens is 1. The summed E-state index contributed by atoms with van der Waals surface area (Å²) in [5.41, 5.74) is 1.07. The Morgan fingerprint density at radius 1 is 1.48 bits per heavy atom. The molecule has 0 saturated heterocycles. The number of aliphatic hydroxyl groups excluding tert-OH is 1. The molecule has 0 aromatic carbocycles. The molecule has 2 rings (SSSR count). The number of hydrogen-bond acceptors (Lipinski definition) is 5. The summed E-state index contributed by atoms with van der Waals surface area (Å²) >= 11 is 6.87. The Kier molecular flexibility index (Phi) is 4.85. The Balaban J connectivity index is 2.28. The van der Waals surface area contributed by atoms with E-state index in [1.165, 1.54) is 12.1 Å². The molecule has 2 aromatic rings. The zero-order chi connectivity index (χ0) is 15.5. The summed E-state index contributed by atoms with van der Waals surface area (Å²) in [6, 6.07) is 6.26. The first-order chi connectivity index (χ1) is 9.92. The number of nitrogens with one attached hydrogen (secondary N) is 1. The lowest BCUT2D eigenvalue weighted by Crippen LogP contribution is -2.12. The van der Waals surface area contributed by atoms with Crippen LogP contribution in [0, 0.1) is 18.8 Å². The van der Waals surface area contributed by atoms with Gasteiger partial charge in [-0.2, -0.15) is 0 Å². The molecule has 110 valence electrons. The molecule has 0 aliphatic carbocycles. The van der Waals surface area contributed by atoms with E-state index in [0.717, 1.165) is 11.3 Å². The normalized spacial score (nSPS) is 10.8. The van der Waals surface area contributed by atoms with E-state index >= 15 is 0 Å². The van der Waals surface area contributed by atoms with Crippen LogP contribution in [0.2, 0.25) is 4.34 Å². The van der Waals surface area contributed by atoms with E-state index in [4.69, 9.17) is 16.7 Å². The molecule has 2 N–H and O–H groups in total. The van der Waals surface area contributed by atoms with Crippen molar-refractivity contribution >= 4 is 38.8 Å². The molecule has 0 radical (unpaired) electrons. The van der Waals surface area contributed by atoms with Gasteiger partial charge in [0.1, 0.15) is 22.3 Å². The highest BCUT2D eigenvalue weighted by Crippen LogP contribution is 2.30. The standard InChI is InChI=1S/C13H11ClN2O3S2/c1-9-8-12(20-13(9)14)21(18,19)16-11-6-2-4-10(15-11)5-3-7-17/h2,4,6,8,17H,7H2,1H3,(H,15,16). The average molecular weight is 343 g/mol. The van der Waals surface area contributed by atoms with Gasteiger partial charge in [-0.05, 0) is 36.6 Å². The van der Waals surface area contributed by atoms with Crippen LogP contribution in [0.15, 0.2) is 28.5 Å². The zero-order valence-corrected chi connectivity index (χ0v) is 13.3. The van der Waals surface area contributed by atoms with Crippen molar-refractivity contribution in [3.8, 4) is 11.8 Å². The number of rotatable bonds is 3. The Morgan fingerprint density at radius 2 is 2.24 bits per heavy atom. The molecule has 0 unspecified atom stereocenters. The van der Waals surface area contributed by atoms with Crippen molar-refractivity contribution in [3.63, 3.8) is 0 Å². The summed E-state index contributed by atoms with van der Waals surface area (Å²) in [7, 11) is -3.73. The monoisotopic (exact) mass is 342 g/mol. The maximum absolute atomic E-state index is 12.2. The van der Waals surface area contributed by atoms with Crippen LogP contribution in [-0.2, 0) is 10.0 Å². The molecule has 0 aliphatic rings. The number of hydrogen-bond donors (Lipinski definition) is 2. The third-order valence-electron chi connectivity index (χ3n) is 2.38. The van der Waals surface area contributed by atoms with E-state index in [1.54, 1.807) is 19.1 Å². The topological polar surface area (TPSA) is 79.3 Å². The number of sulfonamides is 1. The van der Waals surface area contributed by atoms with Gasteiger partial charge in [-0.15, -0.1) is 11.3 Å². The number of anilines is 1. The first kappa shape index (κ1) is 15.8. The van der Waals surface area contributed by atoms with Crippen LogP contribution in [0.1, 0.15) is 11.3 Å². The van der Waals surface area contributed by atoms with Gasteiger partial charge in [0.15, 0.2) is 0 Å². The van der Waals surface area contributed by atoms with Gasteiger partial charge in [0.2, 0.25) is 0 Å². The van der Waals surface area contributed by atoms with Crippen molar-refractivity contribution in [2.75, 3.05) is 11.3 Å². The molecule has 8 heteroatoms. The fourth-order valence-electron chi connectivity index (χ4n) is 1.44. The number of nitrogens with zero attached hydrogens (tertiary/aromatic N) is 1. The molecule has 2 heterocycles. The van der Waals surface area contributed by atoms with E-state index in [-0.39, 0.29) is 16.6 Å². The smallest absolute Gasteiger partial charge is 0.272 e. The predicted octanol–water partition coefficient (Wildman–Crippen LogP) is 2.25. The lowest BCUT2D eigenvalue weighted by molar-refractivity contribution is 0.350. The fourth-order valence-corrected chi connectivity index (χ4v) is 4.15. The van der Waals surface area contributed by atoms with Crippen LogP contribution in [0.25, 0.3) is 0 Å². The molecular weight excluding hydrogens is 332 g/mol. The molecule has 0 fully saturated rings. The first-order valence-corrected chi connectivity index (χ1v) is 8.45. The molecule has 0 amide bonds. The second-order valence-corrected chi connectivity index (χ2v) is 7.56. The van der Waals surface area contributed by atoms with Crippen LogP contribution in [0.3, 0.4) is 0 Å². The summed E-state index contributed by atoms with van der Waals surface area (Å²) in [5, 5.41) is 8.64. The molecule has 0 bridgehead atoms. The number of pyridine rings is 1. The lowest BCUT2D eigenvalue weighted by Gasteiger charge is -2.05. The second kappa shape index (κ2) is 6.45. The van der Waals surface area contributed by atoms with Crippen molar-refractivity contribution in [3.05, 3.63) is 39.9 Å². The van der Waals surface area contributed by atoms with Gasteiger partial charge in [-0.25, -0.2) is 13.4 Å². The van der Waals surface area contributed by atoms with Crippen LogP contribution >= 0.6 is 22.9 Å². The minimum Gasteiger partial charge on any atom is -0.384 e. The van der Waals surface area contributed by atoms with E-state index in [0.29, 0.717) is 15.6 Å². The Hall–Kier alpha value is -1.59. The number of aliphatic hydroxyl groups is 1. The Bertz CT molecular complexity index is 800. The van der Waals surface area contributed by atoms with E-state index in [2.05, 4.69) is 21.5 Å². The van der Waals surface area contributed by atoms with Gasteiger partial charge in [0.05, 0.1) is 4.34 Å². The van der Waals surface area contributed by atoms with Crippen molar-refractivity contribution in [2.24, 2.45) is 0 Å². The number of aromatic nitrogens is 1. The molecule has 2 aromatic heterocycles. The van der Waals surface area contributed by atoms with Gasteiger partial charge >= 0.3 is 0 Å². The summed E-state index contributed by atoms with van der Waals surface area (Å²) in [6.07, 6.45) is 0. The van der Waals surface area contributed by atoms with Crippen molar-refractivity contribution < 1.29 is 13.5 Å². The van der Waals surface area contributed by atoms with Crippen LogP contribution < -0.4 is 4.72 Å². The third kappa shape index (κ3) is 3.95. The largest absolute Gasteiger partial charge is 0.384 e.